The van der Waals surface area contributed by atoms with Gasteiger partial charge in [0.2, 0.25) is 0 Å². The fraction of sp³-hybridized carbons (Fsp3) is 0.870. The molecule has 0 rings (SSSR count). The summed E-state index contributed by atoms with van der Waals surface area (Å²) >= 11 is 0. The van der Waals surface area contributed by atoms with E-state index in [1.807, 2.05) is 0 Å². The first-order chi connectivity index (χ1) is 14.2. The topological polar surface area (TPSA) is 63.2 Å². The van der Waals surface area contributed by atoms with E-state index >= 15 is 0 Å². The molecule has 0 unspecified atom stereocenters. The molecule has 0 saturated heterocycles. The number of hydrogen-bond acceptors (Lipinski definition) is 6. The molecule has 0 aliphatic heterocycles. The molecule has 0 fully saturated rings. The maximum Gasteiger partial charge on any atom is 0.335 e. The van der Waals surface area contributed by atoms with Gasteiger partial charge in [-0.15, -0.1) is 0 Å². The molecule has 6 nitrogen and oxygen atoms in total. The highest BCUT2D eigenvalue weighted by Gasteiger charge is 2.08. The SMILES string of the molecule is C=C(COCCCCCCCCCCCC)C(=O)OCCOCCOCCOC. The second-order valence-corrected chi connectivity index (χ2v) is 7.19. The summed E-state index contributed by atoms with van der Waals surface area (Å²) < 4.78 is 26.1. The summed E-state index contributed by atoms with van der Waals surface area (Å²) in [5.74, 6) is -0.423. The Morgan fingerprint density at radius 2 is 1.17 bits per heavy atom. The van der Waals surface area contributed by atoms with Gasteiger partial charge in [-0.25, -0.2) is 4.79 Å². The first-order valence-corrected chi connectivity index (χ1v) is 11.3. The largest absolute Gasteiger partial charge is 0.460 e. The van der Waals surface area contributed by atoms with Gasteiger partial charge < -0.3 is 23.7 Å². The van der Waals surface area contributed by atoms with E-state index in [0.29, 0.717) is 45.2 Å². The lowest BCUT2D eigenvalue weighted by Gasteiger charge is -2.09. The minimum atomic E-state index is -0.423. The first kappa shape index (κ1) is 28.1. The quantitative estimate of drug-likeness (QED) is 0.137. The van der Waals surface area contributed by atoms with Gasteiger partial charge in [0.1, 0.15) is 6.61 Å². The summed E-state index contributed by atoms with van der Waals surface area (Å²) in [6.45, 7) is 9.49. The molecule has 0 radical (unpaired) electrons. The van der Waals surface area contributed by atoms with Gasteiger partial charge in [0, 0.05) is 13.7 Å². The molecule has 172 valence electrons. The van der Waals surface area contributed by atoms with Crippen molar-refractivity contribution >= 4 is 5.97 Å². The molecule has 0 heterocycles. The molecule has 0 aliphatic rings. The van der Waals surface area contributed by atoms with Crippen molar-refractivity contribution in [3.05, 3.63) is 12.2 Å². The maximum absolute atomic E-state index is 11.8. The first-order valence-electron chi connectivity index (χ1n) is 11.3. The standard InChI is InChI=1S/C23H44O6/c1-4-5-6-7-8-9-10-11-12-13-14-28-21-22(2)23(24)29-20-19-27-18-17-26-16-15-25-3/h2,4-21H2,1,3H3. The zero-order valence-corrected chi connectivity index (χ0v) is 18.9. The van der Waals surface area contributed by atoms with Crippen molar-refractivity contribution < 1.29 is 28.5 Å². The monoisotopic (exact) mass is 416 g/mol. The maximum atomic E-state index is 11.8. The Hall–Kier alpha value is -0.950. The summed E-state index contributed by atoms with van der Waals surface area (Å²) in [5.41, 5.74) is 0.347. The third kappa shape index (κ3) is 21.6. The van der Waals surface area contributed by atoms with Crippen molar-refractivity contribution in [1.82, 2.24) is 0 Å². The highest BCUT2D eigenvalue weighted by atomic mass is 16.6. The fourth-order valence-electron chi connectivity index (χ4n) is 2.71. The van der Waals surface area contributed by atoms with Gasteiger partial charge in [0.25, 0.3) is 0 Å². The number of carbonyl (C=O) groups excluding carboxylic acids is 1. The lowest BCUT2D eigenvalue weighted by Crippen LogP contribution is -2.16. The second kappa shape index (κ2) is 23.3. The normalized spacial score (nSPS) is 11.0. The zero-order valence-electron chi connectivity index (χ0n) is 18.9. The molecule has 0 aromatic rings. The highest BCUT2D eigenvalue weighted by molar-refractivity contribution is 5.87. The van der Waals surface area contributed by atoms with Gasteiger partial charge in [0.05, 0.1) is 45.2 Å². The number of methoxy groups -OCH3 is 1. The van der Waals surface area contributed by atoms with Crippen LogP contribution in [0.3, 0.4) is 0 Å². The molecule has 0 atom stereocenters. The molecule has 0 bridgehead atoms. The van der Waals surface area contributed by atoms with Gasteiger partial charge in [0.15, 0.2) is 0 Å². The van der Waals surface area contributed by atoms with Crippen LogP contribution >= 0.6 is 0 Å². The van der Waals surface area contributed by atoms with E-state index in [9.17, 15) is 4.79 Å². The Labute approximate surface area is 178 Å². The smallest absolute Gasteiger partial charge is 0.335 e. The minimum absolute atomic E-state index is 0.203. The van der Waals surface area contributed by atoms with E-state index in [1.165, 1.54) is 57.8 Å². The zero-order chi connectivity index (χ0) is 21.4. The second-order valence-electron chi connectivity index (χ2n) is 7.19. The Balaban J connectivity index is 3.31. The predicted octanol–water partition coefficient (Wildman–Crippen LogP) is 4.70. The van der Waals surface area contributed by atoms with Crippen LogP contribution in [0.2, 0.25) is 0 Å². The Kier molecular flexibility index (Phi) is 22.6. The lowest BCUT2D eigenvalue weighted by molar-refractivity contribution is -0.141. The fourth-order valence-corrected chi connectivity index (χ4v) is 2.71. The highest BCUT2D eigenvalue weighted by Crippen LogP contribution is 2.10. The van der Waals surface area contributed by atoms with E-state index < -0.39 is 5.97 Å². The van der Waals surface area contributed by atoms with Crippen LogP contribution in [-0.2, 0) is 28.5 Å². The molecule has 0 aromatic carbocycles. The van der Waals surface area contributed by atoms with Gasteiger partial charge in [-0.3, -0.25) is 0 Å². The van der Waals surface area contributed by atoms with Crippen molar-refractivity contribution in [2.45, 2.75) is 71.1 Å². The van der Waals surface area contributed by atoms with Crippen molar-refractivity contribution in [2.24, 2.45) is 0 Å². The third-order valence-corrected chi connectivity index (χ3v) is 4.47. The Bertz CT molecular complexity index is 372. The summed E-state index contributed by atoms with van der Waals surface area (Å²) in [6.07, 6.45) is 12.9. The average molecular weight is 417 g/mol. The van der Waals surface area contributed by atoms with Crippen LogP contribution in [0.25, 0.3) is 0 Å². The number of rotatable bonds is 23. The number of hydrogen-bond donors (Lipinski definition) is 0. The lowest BCUT2D eigenvalue weighted by atomic mass is 10.1. The average Bonchev–Trinajstić information content (AvgIpc) is 2.73. The van der Waals surface area contributed by atoms with Crippen LogP contribution in [0.4, 0.5) is 0 Å². The number of unbranched alkanes of at least 4 members (excludes halogenated alkanes) is 9. The molecule has 29 heavy (non-hydrogen) atoms. The van der Waals surface area contributed by atoms with Gasteiger partial charge in [-0.05, 0) is 6.42 Å². The van der Waals surface area contributed by atoms with Gasteiger partial charge >= 0.3 is 5.97 Å². The van der Waals surface area contributed by atoms with Crippen molar-refractivity contribution in [3.8, 4) is 0 Å². The predicted molar refractivity (Wildman–Crippen MR) is 116 cm³/mol. The molecule has 0 aliphatic carbocycles. The molecule has 0 aromatic heterocycles. The van der Waals surface area contributed by atoms with E-state index in [1.54, 1.807) is 7.11 Å². The van der Waals surface area contributed by atoms with Crippen molar-refractivity contribution in [3.63, 3.8) is 0 Å². The Morgan fingerprint density at radius 1 is 0.655 bits per heavy atom. The third-order valence-electron chi connectivity index (χ3n) is 4.47. The van der Waals surface area contributed by atoms with Gasteiger partial charge in [-0.1, -0.05) is 71.3 Å². The van der Waals surface area contributed by atoms with Crippen LogP contribution in [-0.4, -0.2) is 65.9 Å². The van der Waals surface area contributed by atoms with E-state index in [-0.39, 0.29) is 13.2 Å². The molecule has 6 heteroatoms. The van der Waals surface area contributed by atoms with Crippen LogP contribution < -0.4 is 0 Å². The van der Waals surface area contributed by atoms with E-state index in [2.05, 4.69) is 13.5 Å². The molecule has 0 spiro atoms. The molecule has 0 N–H and O–H groups in total. The molecule has 0 amide bonds. The number of carbonyl (C=O) groups is 1. The van der Waals surface area contributed by atoms with Crippen molar-refractivity contribution in [1.29, 1.82) is 0 Å². The van der Waals surface area contributed by atoms with Crippen LogP contribution in [0.15, 0.2) is 12.2 Å². The summed E-state index contributed by atoms with van der Waals surface area (Å²) in [7, 11) is 1.63. The van der Waals surface area contributed by atoms with Gasteiger partial charge in [-0.2, -0.15) is 0 Å². The summed E-state index contributed by atoms with van der Waals surface area (Å²) in [6, 6.07) is 0. The van der Waals surface area contributed by atoms with E-state index in [0.717, 1.165) is 6.42 Å². The number of ether oxygens (including phenoxy) is 5. The number of esters is 1. The van der Waals surface area contributed by atoms with Crippen LogP contribution in [0, 0.1) is 0 Å². The molecule has 0 saturated carbocycles. The summed E-state index contributed by atoms with van der Waals surface area (Å²) in [5, 5.41) is 0. The Morgan fingerprint density at radius 3 is 1.76 bits per heavy atom. The minimum Gasteiger partial charge on any atom is -0.460 e. The molecular weight excluding hydrogens is 372 g/mol. The van der Waals surface area contributed by atoms with Crippen LogP contribution in [0.1, 0.15) is 71.1 Å². The van der Waals surface area contributed by atoms with E-state index in [4.69, 9.17) is 23.7 Å². The summed E-state index contributed by atoms with van der Waals surface area (Å²) in [4.78, 5) is 11.8. The van der Waals surface area contributed by atoms with Crippen LogP contribution in [0.5, 0.6) is 0 Å². The molecular formula is C23H44O6. The van der Waals surface area contributed by atoms with Crippen molar-refractivity contribution in [2.75, 3.05) is 60.0 Å².